The van der Waals surface area contributed by atoms with Crippen LogP contribution in [0.25, 0.3) is 0 Å². The quantitative estimate of drug-likeness (QED) is 0.482. The van der Waals surface area contributed by atoms with Crippen molar-refractivity contribution < 1.29 is 9.59 Å². The van der Waals surface area contributed by atoms with Crippen molar-refractivity contribution in [3.63, 3.8) is 0 Å². The first kappa shape index (κ1) is 8.93. The van der Waals surface area contributed by atoms with Crippen molar-refractivity contribution in [3.8, 4) is 0 Å². The Kier molecular flexibility index (Phi) is 2.02. The molecule has 2 unspecified atom stereocenters. The SMILES string of the molecule is C[SiH2]C12CCCCC1C(=O)NC2=O. The first-order valence-corrected chi connectivity index (χ1v) is 7.18. The molecule has 0 radical (unpaired) electrons. The third kappa shape index (κ3) is 1.08. The van der Waals surface area contributed by atoms with E-state index >= 15 is 0 Å². The van der Waals surface area contributed by atoms with Gasteiger partial charge < -0.3 is 0 Å². The van der Waals surface area contributed by atoms with Crippen molar-refractivity contribution in [3.05, 3.63) is 0 Å². The minimum Gasteiger partial charge on any atom is -0.296 e. The van der Waals surface area contributed by atoms with Gasteiger partial charge in [-0.05, 0) is 12.8 Å². The first-order valence-electron chi connectivity index (χ1n) is 5.06. The highest BCUT2D eigenvalue weighted by atomic mass is 28.2. The molecule has 1 saturated heterocycles. The van der Waals surface area contributed by atoms with E-state index in [1.54, 1.807) is 0 Å². The van der Waals surface area contributed by atoms with Crippen LogP contribution < -0.4 is 5.32 Å². The minimum atomic E-state index is -0.436. The number of hydrogen-bond acceptors (Lipinski definition) is 2. The maximum absolute atomic E-state index is 11.7. The number of carbonyl (C=O) groups excluding carboxylic acids is 2. The van der Waals surface area contributed by atoms with Gasteiger partial charge in [0.2, 0.25) is 11.8 Å². The second kappa shape index (κ2) is 2.94. The molecule has 4 heteroatoms. The normalized spacial score (nSPS) is 39.6. The lowest BCUT2D eigenvalue weighted by molar-refractivity contribution is -0.126. The molecule has 13 heavy (non-hydrogen) atoms. The molecule has 0 bridgehead atoms. The van der Waals surface area contributed by atoms with Crippen molar-refractivity contribution in [2.75, 3.05) is 0 Å². The van der Waals surface area contributed by atoms with Crippen LogP contribution in [0.15, 0.2) is 0 Å². The Morgan fingerprint density at radius 1 is 1.46 bits per heavy atom. The Hall–Kier alpha value is -0.643. The number of amides is 2. The second-order valence-electron chi connectivity index (χ2n) is 4.13. The fraction of sp³-hybridized carbons (Fsp3) is 0.778. The van der Waals surface area contributed by atoms with Gasteiger partial charge in [0.15, 0.2) is 0 Å². The molecular formula is C9H15NO2Si. The average Bonchev–Trinajstić information content (AvgIpc) is 2.41. The van der Waals surface area contributed by atoms with E-state index in [2.05, 4.69) is 11.9 Å². The number of imide groups is 1. The fourth-order valence-electron chi connectivity index (χ4n) is 2.80. The van der Waals surface area contributed by atoms with Crippen LogP contribution in [-0.2, 0) is 9.59 Å². The van der Waals surface area contributed by atoms with Crippen molar-refractivity contribution in [1.82, 2.24) is 5.32 Å². The van der Waals surface area contributed by atoms with Gasteiger partial charge in [-0.25, -0.2) is 0 Å². The summed E-state index contributed by atoms with van der Waals surface area (Å²) < 4.78 is 0. The highest BCUT2D eigenvalue weighted by Crippen LogP contribution is 2.50. The van der Waals surface area contributed by atoms with Gasteiger partial charge in [0.1, 0.15) is 0 Å². The summed E-state index contributed by atoms with van der Waals surface area (Å²) in [7, 11) is -0.436. The first-order chi connectivity index (χ1) is 6.20. The lowest BCUT2D eigenvalue weighted by Crippen LogP contribution is -2.34. The standard InChI is InChI=1S/C9H15NO2Si/c1-13-9-5-3-2-4-6(9)7(11)10-8(9)12/h6H,2-5,13H2,1H3,(H,10,11,12). The van der Waals surface area contributed by atoms with Crippen molar-refractivity contribution in [2.45, 2.75) is 37.3 Å². The van der Waals surface area contributed by atoms with Crippen LogP contribution in [0.3, 0.4) is 0 Å². The van der Waals surface area contributed by atoms with E-state index < -0.39 is 9.52 Å². The van der Waals surface area contributed by atoms with Crippen LogP contribution in [0.5, 0.6) is 0 Å². The molecule has 2 rings (SSSR count). The summed E-state index contributed by atoms with van der Waals surface area (Å²) in [5.41, 5.74) is 0. The minimum absolute atomic E-state index is 0.000880. The molecule has 1 heterocycles. The number of rotatable bonds is 1. The number of carbonyl (C=O) groups is 2. The molecule has 0 spiro atoms. The zero-order valence-corrected chi connectivity index (χ0v) is 9.34. The van der Waals surface area contributed by atoms with Crippen LogP contribution in [0, 0.1) is 5.92 Å². The zero-order chi connectivity index (χ0) is 9.47. The maximum Gasteiger partial charge on any atom is 0.230 e. The maximum atomic E-state index is 11.7. The predicted molar refractivity (Wildman–Crippen MR) is 52.2 cm³/mol. The summed E-state index contributed by atoms with van der Waals surface area (Å²) in [4.78, 5) is 23.1. The Morgan fingerprint density at radius 3 is 2.85 bits per heavy atom. The van der Waals surface area contributed by atoms with Gasteiger partial charge in [-0.1, -0.05) is 19.4 Å². The molecule has 0 aromatic carbocycles. The third-order valence-corrected chi connectivity index (χ3v) is 6.10. The summed E-state index contributed by atoms with van der Waals surface area (Å²) in [6, 6.07) is 0. The van der Waals surface area contributed by atoms with Gasteiger partial charge in [0.25, 0.3) is 0 Å². The molecule has 3 nitrogen and oxygen atoms in total. The highest BCUT2D eigenvalue weighted by molar-refractivity contribution is 6.49. The predicted octanol–water partition coefficient (Wildman–Crippen LogP) is 0.209. The molecule has 2 atom stereocenters. The number of fused-ring (bicyclic) bond motifs is 1. The lowest BCUT2D eigenvalue weighted by Gasteiger charge is -2.33. The third-order valence-electron chi connectivity index (χ3n) is 3.67. The van der Waals surface area contributed by atoms with E-state index in [0.29, 0.717) is 0 Å². The monoisotopic (exact) mass is 197 g/mol. The van der Waals surface area contributed by atoms with Crippen LogP contribution in [0.4, 0.5) is 0 Å². The van der Waals surface area contributed by atoms with Gasteiger partial charge >= 0.3 is 0 Å². The second-order valence-corrected chi connectivity index (χ2v) is 6.10. The van der Waals surface area contributed by atoms with E-state index in [-0.39, 0.29) is 22.8 Å². The van der Waals surface area contributed by atoms with Gasteiger partial charge in [-0.15, -0.1) is 0 Å². The van der Waals surface area contributed by atoms with E-state index in [9.17, 15) is 9.59 Å². The van der Waals surface area contributed by atoms with Crippen LogP contribution in [0.2, 0.25) is 11.6 Å². The van der Waals surface area contributed by atoms with Crippen molar-refractivity contribution in [1.29, 1.82) is 0 Å². The Morgan fingerprint density at radius 2 is 2.23 bits per heavy atom. The van der Waals surface area contributed by atoms with Crippen LogP contribution >= 0.6 is 0 Å². The zero-order valence-electron chi connectivity index (χ0n) is 7.93. The van der Waals surface area contributed by atoms with Crippen LogP contribution in [0.1, 0.15) is 25.7 Å². The highest BCUT2D eigenvalue weighted by Gasteiger charge is 2.54. The molecule has 1 aliphatic heterocycles. The molecule has 0 aromatic heterocycles. The molecule has 0 aromatic rings. The van der Waals surface area contributed by atoms with Gasteiger partial charge in [0, 0.05) is 20.5 Å². The van der Waals surface area contributed by atoms with Crippen LogP contribution in [-0.4, -0.2) is 21.3 Å². The Labute approximate surface area is 80.1 Å². The molecule has 2 aliphatic rings. The van der Waals surface area contributed by atoms with Gasteiger partial charge in [-0.2, -0.15) is 0 Å². The fourth-order valence-corrected chi connectivity index (χ4v) is 4.70. The Bertz CT molecular complexity index is 266. The number of nitrogens with one attached hydrogen (secondary N) is 1. The van der Waals surface area contributed by atoms with E-state index in [1.165, 1.54) is 0 Å². The molecule has 1 aliphatic carbocycles. The molecular weight excluding hydrogens is 182 g/mol. The topological polar surface area (TPSA) is 46.2 Å². The summed E-state index contributed by atoms with van der Waals surface area (Å²) in [5.74, 6) is 0.0702. The lowest BCUT2D eigenvalue weighted by atomic mass is 9.80. The molecule has 72 valence electrons. The van der Waals surface area contributed by atoms with Crippen molar-refractivity contribution >= 4 is 21.3 Å². The van der Waals surface area contributed by atoms with Gasteiger partial charge in [0.05, 0.1) is 0 Å². The van der Waals surface area contributed by atoms with E-state index in [4.69, 9.17) is 0 Å². The molecule has 2 amide bonds. The average molecular weight is 197 g/mol. The summed E-state index contributed by atoms with van der Waals surface area (Å²) in [6.07, 6.45) is 4.12. The molecule has 2 fully saturated rings. The summed E-state index contributed by atoms with van der Waals surface area (Å²) >= 11 is 0. The largest absolute Gasteiger partial charge is 0.296 e. The van der Waals surface area contributed by atoms with Crippen molar-refractivity contribution in [2.24, 2.45) is 5.92 Å². The van der Waals surface area contributed by atoms with E-state index in [0.717, 1.165) is 25.7 Å². The summed E-state index contributed by atoms with van der Waals surface area (Å²) in [6.45, 7) is 2.15. The molecule has 1 N–H and O–H groups in total. The van der Waals surface area contributed by atoms with E-state index in [1.807, 2.05) is 0 Å². The number of hydrogen-bond donors (Lipinski definition) is 1. The summed E-state index contributed by atoms with van der Waals surface area (Å²) in [5, 5.41) is 2.31. The smallest absolute Gasteiger partial charge is 0.230 e. The Balaban J connectivity index is 2.35. The molecule has 1 saturated carbocycles. The van der Waals surface area contributed by atoms with Gasteiger partial charge in [-0.3, -0.25) is 14.9 Å².